The van der Waals surface area contributed by atoms with Crippen LogP contribution in [0.5, 0.6) is 0 Å². The fourth-order valence-electron chi connectivity index (χ4n) is 0.979. The summed E-state index contributed by atoms with van der Waals surface area (Å²) in [5.74, 6) is 0. The summed E-state index contributed by atoms with van der Waals surface area (Å²) in [5.41, 5.74) is -3.39. The lowest BCUT2D eigenvalue weighted by molar-refractivity contribution is -0.142. The van der Waals surface area contributed by atoms with Gasteiger partial charge < -0.3 is 11.0 Å². The predicted molar refractivity (Wildman–Crippen MR) is 49.1 cm³/mol. The van der Waals surface area contributed by atoms with E-state index in [1.54, 1.807) is 0 Å². The van der Waals surface area contributed by atoms with Crippen molar-refractivity contribution >= 4 is 13.3 Å². The monoisotopic (exact) mass is 260 g/mol. The van der Waals surface area contributed by atoms with Crippen molar-refractivity contribution in [2.45, 2.75) is 12.4 Å². The summed E-state index contributed by atoms with van der Waals surface area (Å²) >= 11 is 0. The standard InChI is InChI=1S/C8H3BF6.2H2O/c9-6-2-4(7(10,11)12)1-5(3-6)8(13,14)15;;/h1-3H;2*1H2. The zero-order valence-electron chi connectivity index (χ0n) is 8.08. The Labute approximate surface area is 93.3 Å². The van der Waals surface area contributed by atoms with E-state index in [0.717, 1.165) is 0 Å². The van der Waals surface area contributed by atoms with E-state index in [0.29, 0.717) is 12.1 Å². The van der Waals surface area contributed by atoms with Crippen LogP contribution in [0.3, 0.4) is 0 Å². The van der Waals surface area contributed by atoms with Gasteiger partial charge in [0.2, 0.25) is 0 Å². The highest BCUT2D eigenvalue weighted by atomic mass is 19.4. The minimum absolute atomic E-state index is 0. The molecule has 1 aromatic carbocycles. The van der Waals surface area contributed by atoms with Gasteiger partial charge in [-0.15, -0.1) is 0 Å². The largest absolute Gasteiger partial charge is 0.416 e. The third-order valence-electron chi connectivity index (χ3n) is 1.61. The molecule has 0 unspecified atom stereocenters. The van der Waals surface area contributed by atoms with Crippen molar-refractivity contribution in [2.24, 2.45) is 0 Å². The molecule has 2 nitrogen and oxygen atoms in total. The molecular formula is C8H7BF6O2. The van der Waals surface area contributed by atoms with Gasteiger partial charge in [0.25, 0.3) is 0 Å². The molecule has 0 amide bonds. The predicted octanol–water partition coefficient (Wildman–Crippen LogP) is 0.869. The maximum atomic E-state index is 12.1. The van der Waals surface area contributed by atoms with Crippen LogP contribution < -0.4 is 5.46 Å². The third kappa shape index (κ3) is 4.66. The Kier molecular flexibility index (Phi) is 5.78. The highest BCUT2D eigenvalue weighted by Gasteiger charge is 2.36. The molecule has 0 aliphatic carbocycles. The summed E-state index contributed by atoms with van der Waals surface area (Å²) < 4.78 is 72.7. The lowest BCUT2D eigenvalue weighted by atomic mass is 9.91. The fourth-order valence-corrected chi connectivity index (χ4v) is 0.979. The molecule has 17 heavy (non-hydrogen) atoms. The quantitative estimate of drug-likeness (QED) is 0.490. The maximum Gasteiger partial charge on any atom is 0.416 e. The molecule has 0 spiro atoms. The van der Waals surface area contributed by atoms with Crippen molar-refractivity contribution in [3.8, 4) is 0 Å². The molecule has 0 aliphatic heterocycles. The van der Waals surface area contributed by atoms with E-state index >= 15 is 0 Å². The summed E-state index contributed by atoms with van der Waals surface area (Å²) in [6.07, 6.45) is -9.68. The second kappa shape index (κ2) is 5.41. The number of hydrogen-bond acceptors (Lipinski definition) is 0. The first-order chi connectivity index (χ1) is 6.60. The van der Waals surface area contributed by atoms with Crippen LogP contribution in [-0.2, 0) is 12.4 Å². The van der Waals surface area contributed by atoms with Gasteiger partial charge in [0, 0.05) is 0 Å². The molecule has 0 fully saturated rings. The molecule has 0 saturated heterocycles. The second-order valence-electron chi connectivity index (χ2n) is 2.84. The van der Waals surface area contributed by atoms with E-state index in [1.807, 2.05) is 0 Å². The molecule has 0 aromatic heterocycles. The third-order valence-corrected chi connectivity index (χ3v) is 1.61. The minimum atomic E-state index is -4.84. The highest BCUT2D eigenvalue weighted by Crippen LogP contribution is 2.34. The molecule has 0 atom stereocenters. The Morgan fingerprint density at radius 1 is 0.706 bits per heavy atom. The molecular weight excluding hydrogens is 253 g/mol. The van der Waals surface area contributed by atoms with Crippen LogP contribution in [0.4, 0.5) is 26.3 Å². The van der Waals surface area contributed by atoms with Gasteiger partial charge in [0.05, 0.1) is 11.1 Å². The molecule has 2 radical (unpaired) electrons. The molecule has 0 aliphatic rings. The van der Waals surface area contributed by atoms with Gasteiger partial charge in [0.15, 0.2) is 0 Å². The van der Waals surface area contributed by atoms with E-state index in [-0.39, 0.29) is 17.0 Å². The lowest BCUT2D eigenvalue weighted by Crippen LogP contribution is -2.16. The first-order valence-corrected chi connectivity index (χ1v) is 3.65. The molecule has 1 rings (SSSR count). The molecule has 96 valence electrons. The van der Waals surface area contributed by atoms with Gasteiger partial charge in [-0.25, -0.2) is 0 Å². The first kappa shape index (κ1) is 18.2. The minimum Gasteiger partial charge on any atom is -0.412 e. The van der Waals surface area contributed by atoms with Crippen molar-refractivity contribution in [2.75, 3.05) is 0 Å². The fraction of sp³-hybridized carbons (Fsp3) is 0.250. The average Bonchev–Trinajstić information content (AvgIpc) is 1.99. The van der Waals surface area contributed by atoms with Gasteiger partial charge in [-0.2, -0.15) is 26.3 Å². The Balaban J connectivity index is 0. The van der Waals surface area contributed by atoms with Crippen LogP contribution in [0.15, 0.2) is 18.2 Å². The van der Waals surface area contributed by atoms with Gasteiger partial charge in [0.1, 0.15) is 7.85 Å². The molecule has 0 heterocycles. The number of hydrogen-bond donors (Lipinski definition) is 0. The van der Waals surface area contributed by atoms with Crippen LogP contribution in [0.2, 0.25) is 0 Å². The van der Waals surface area contributed by atoms with Crippen LogP contribution in [-0.4, -0.2) is 18.8 Å². The van der Waals surface area contributed by atoms with E-state index in [4.69, 9.17) is 7.85 Å². The molecule has 0 saturated carbocycles. The van der Waals surface area contributed by atoms with Gasteiger partial charge in [-0.05, 0) is 6.07 Å². The topological polar surface area (TPSA) is 63.0 Å². The summed E-state index contributed by atoms with van der Waals surface area (Å²) in [6.45, 7) is 0. The number of alkyl halides is 6. The van der Waals surface area contributed by atoms with Gasteiger partial charge >= 0.3 is 12.4 Å². The van der Waals surface area contributed by atoms with Crippen molar-refractivity contribution in [3.05, 3.63) is 29.3 Å². The molecule has 9 heteroatoms. The second-order valence-corrected chi connectivity index (χ2v) is 2.84. The maximum absolute atomic E-state index is 12.1. The van der Waals surface area contributed by atoms with Crippen LogP contribution in [0.25, 0.3) is 0 Å². The lowest BCUT2D eigenvalue weighted by Gasteiger charge is -2.12. The Bertz CT molecular complexity index is 341. The molecule has 1 aromatic rings. The number of rotatable bonds is 0. The van der Waals surface area contributed by atoms with Gasteiger partial charge in [-0.3, -0.25) is 0 Å². The van der Waals surface area contributed by atoms with Crippen molar-refractivity contribution < 1.29 is 37.3 Å². The van der Waals surface area contributed by atoms with Crippen LogP contribution >= 0.6 is 0 Å². The zero-order valence-corrected chi connectivity index (χ0v) is 8.08. The summed E-state index contributed by atoms with van der Waals surface area (Å²) in [7, 11) is 4.95. The van der Waals surface area contributed by atoms with Crippen LogP contribution in [0, 0.1) is 0 Å². The summed E-state index contributed by atoms with van der Waals surface area (Å²) in [4.78, 5) is 0. The smallest absolute Gasteiger partial charge is 0.412 e. The SMILES string of the molecule is O.O.[B]c1cc(C(F)(F)F)cc(C(F)(F)F)c1. The number of benzene rings is 1. The average molecular weight is 260 g/mol. The van der Waals surface area contributed by atoms with Crippen LogP contribution in [0.1, 0.15) is 11.1 Å². The van der Waals surface area contributed by atoms with E-state index in [2.05, 4.69) is 0 Å². The van der Waals surface area contributed by atoms with Crippen molar-refractivity contribution in [1.82, 2.24) is 0 Å². The van der Waals surface area contributed by atoms with Crippen molar-refractivity contribution in [1.29, 1.82) is 0 Å². The zero-order chi connectivity index (χ0) is 11.9. The normalized spacial score (nSPS) is 11.4. The van der Waals surface area contributed by atoms with E-state index in [1.165, 1.54) is 0 Å². The number of halogens is 6. The summed E-state index contributed by atoms with van der Waals surface area (Å²) in [6, 6.07) is 0.931. The van der Waals surface area contributed by atoms with E-state index in [9.17, 15) is 26.3 Å². The van der Waals surface area contributed by atoms with Gasteiger partial charge in [-0.1, -0.05) is 17.6 Å². The molecule has 0 bridgehead atoms. The first-order valence-electron chi connectivity index (χ1n) is 3.65. The Morgan fingerprint density at radius 3 is 1.24 bits per heavy atom. The summed E-state index contributed by atoms with van der Waals surface area (Å²) in [5, 5.41) is 0. The van der Waals surface area contributed by atoms with E-state index < -0.39 is 28.9 Å². The van der Waals surface area contributed by atoms with Crippen molar-refractivity contribution in [3.63, 3.8) is 0 Å². The molecule has 4 N–H and O–H groups in total. The Hall–Kier alpha value is -1.22. The highest BCUT2D eigenvalue weighted by molar-refractivity contribution is 6.32. The Morgan fingerprint density at radius 2 is 1.00 bits per heavy atom.